The van der Waals surface area contributed by atoms with Gasteiger partial charge in [0.15, 0.2) is 0 Å². The van der Waals surface area contributed by atoms with Crippen LogP contribution in [0.25, 0.3) is 11.1 Å². The van der Waals surface area contributed by atoms with Crippen molar-refractivity contribution in [3.05, 3.63) is 70.3 Å². The molecule has 1 amide bonds. The summed E-state index contributed by atoms with van der Waals surface area (Å²) in [5.41, 5.74) is 1.52. The van der Waals surface area contributed by atoms with Crippen LogP contribution >= 0.6 is 22.9 Å². The molecule has 0 aliphatic carbocycles. The Morgan fingerprint density at radius 1 is 1.10 bits per heavy atom. The van der Waals surface area contributed by atoms with E-state index in [2.05, 4.69) is 5.32 Å². The zero-order valence-corrected chi connectivity index (χ0v) is 18.4. The lowest BCUT2D eigenvalue weighted by molar-refractivity contribution is -0.116. The molecule has 1 heterocycles. The van der Waals surface area contributed by atoms with E-state index in [0.717, 1.165) is 0 Å². The predicted molar refractivity (Wildman–Crippen MR) is 120 cm³/mol. The minimum atomic E-state index is -0.538. The quantitative estimate of drug-likeness (QED) is 0.305. The van der Waals surface area contributed by atoms with Gasteiger partial charge in [0.05, 0.1) is 13.2 Å². The molecule has 0 unspecified atom stereocenters. The number of benzene rings is 2. The van der Waals surface area contributed by atoms with E-state index >= 15 is 0 Å². The van der Waals surface area contributed by atoms with Crippen molar-refractivity contribution >= 4 is 39.8 Å². The summed E-state index contributed by atoms with van der Waals surface area (Å²) >= 11 is 7.06. The molecule has 1 aromatic heterocycles. The highest BCUT2D eigenvalue weighted by Crippen LogP contribution is 2.36. The molecule has 8 heteroatoms. The number of ether oxygens (including phenoxy) is 2. The number of halogens is 2. The van der Waals surface area contributed by atoms with Gasteiger partial charge in [0.25, 0.3) is 0 Å². The average molecular weight is 462 g/mol. The van der Waals surface area contributed by atoms with Gasteiger partial charge in [-0.3, -0.25) is 4.79 Å². The SMILES string of the molecule is CCOC(=O)c1c(-c2ccc(F)cc2)csc1NC(=O)CCCOc1ccc(Cl)cc1. The van der Waals surface area contributed by atoms with E-state index in [4.69, 9.17) is 21.1 Å². The van der Waals surface area contributed by atoms with Crippen LogP contribution in [0.5, 0.6) is 5.75 Å². The van der Waals surface area contributed by atoms with E-state index in [0.29, 0.717) is 39.9 Å². The summed E-state index contributed by atoms with van der Waals surface area (Å²) in [6.45, 7) is 2.28. The minimum absolute atomic E-state index is 0.201. The highest BCUT2D eigenvalue weighted by Gasteiger charge is 2.22. The second kappa shape index (κ2) is 10.9. The fraction of sp³-hybridized carbons (Fsp3) is 0.217. The highest BCUT2D eigenvalue weighted by molar-refractivity contribution is 7.15. The van der Waals surface area contributed by atoms with Crippen molar-refractivity contribution in [2.45, 2.75) is 19.8 Å². The van der Waals surface area contributed by atoms with Crippen molar-refractivity contribution in [2.75, 3.05) is 18.5 Å². The van der Waals surface area contributed by atoms with Gasteiger partial charge < -0.3 is 14.8 Å². The molecule has 0 bridgehead atoms. The highest BCUT2D eigenvalue weighted by atomic mass is 35.5. The Balaban J connectivity index is 1.64. The second-order valence-corrected chi connectivity index (χ2v) is 7.85. The number of hydrogen-bond donors (Lipinski definition) is 1. The summed E-state index contributed by atoms with van der Waals surface area (Å²) in [5.74, 6) is -0.468. The van der Waals surface area contributed by atoms with Gasteiger partial charge >= 0.3 is 5.97 Å². The molecule has 0 atom stereocenters. The number of nitrogens with one attached hydrogen (secondary N) is 1. The molecule has 0 spiro atoms. The first-order chi connectivity index (χ1) is 15.0. The first-order valence-electron chi connectivity index (χ1n) is 9.70. The van der Waals surface area contributed by atoms with Gasteiger partial charge in [-0.2, -0.15) is 0 Å². The molecule has 3 aromatic rings. The van der Waals surface area contributed by atoms with Crippen LogP contribution in [0.4, 0.5) is 9.39 Å². The normalized spacial score (nSPS) is 10.5. The molecule has 2 aromatic carbocycles. The van der Waals surface area contributed by atoms with Gasteiger partial charge in [-0.15, -0.1) is 11.3 Å². The summed E-state index contributed by atoms with van der Waals surface area (Å²) in [4.78, 5) is 25.0. The maximum absolute atomic E-state index is 13.3. The van der Waals surface area contributed by atoms with Crippen LogP contribution in [-0.2, 0) is 9.53 Å². The van der Waals surface area contributed by atoms with Crippen molar-refractivity contribution in [3.8, 4) is 16.9 Å². The second-order valence-electron chi connectivity index (χ2n) is 6.53. The van der Waals surface area contributed by atoms with E-state index < -0.39 is 5.97 Å². The predicted octanol–water partition coefficient (Wildman–Crippen LogP) is 6.18. The Kier molecular flexibility index (Phi) is 8.03. The van der Waals surface area contributed by atoms with Crippen molar-refractivity contribution in [3.63, 3.8) is 0 Å². The number of esters is 1. The molecular formula is C23H21ClFNO4S. The van der Waals surface area contributed by atoms with E-state index in [1.54, 1.807) is 48.7 Å². The van der Waals surface area contributed by atoms with E-state index in [9.17, 15) is 14.0 Å². The molecule has 0 aliphatic rings. The number of carbonyl (C=O) groups excluding carboxylic acids is 2. The molecular weight excluding hydrogens is 441 g/mol. The Labute approximate surface area is 188 Å². The summed E-state index contributed by atoms with van der Waals surface area (Å²) in [7, 11) is 0. The van der Waals surface area contributed by atoms with Gasteiger partial charge in [-0.1, -0.05) is 23.7 Å². The molecule has 31 heavy (non-hydrogen) atoms. The minimum Gasteiger partial charge on any atom is -0.494 e. The van der Waals surface area contributed by atoms with Crippen LogP contribution in [0, 0.1) is 5.82 Å². The molecule has 1 N–H and O–H groups in total. The van der Waals surface area contributed by atoms with Crippen molar-refractivity contribution in [2.24, 2.45) is 0 Å². The molecule has 0 radical (unpaired) electrons. The van der Waals surface area contributed by atoms with Crippen LogP contribution < -0.4 is 10.1 Å². The first-order valence-corrected chi connectivity index (χ1v) is 11.0. The van der Waals surface area contributed by atoms with Crippen LogP contribution in [0.2, 0.25) is 5.02 Å². The topological polar surface area (TPSA) is 64.6 Å². The average Bonchev–Trinajstić information content (AvgIpc) is 3.16. The lowest BCUT2D eigenvalue weighted by Crippen LogP contribution is -2.15. The molecule has 3 rings (SSSR count). The maximum atomic E-state index is 13.3. The Hall–Kier alpha value is -2.90. The number of amides is 1. The molecule has 162 valence electrons. The Bertz CT molecular complexity index is 1030. The smallest absolute Gasteiger partial charge is 0.341 e. The third-order valence-electron chi connectivity index (χ3n) is 4.31. The van der Waals surface area contributed by atoms with Crippen LogP contribution in [0.1, 0.15) is 30.1 Å². The number of hydrogen-bond acceptors (Lipinski definition) is 5. The molecule has 0 fully saturated rings. The van der Waals surface area contributed by atoms with Crippen LogP contribution in [-0.4, -0.2) is 25.1 Å². The summed E-state index contributed by atoms with van der Waals surface area (Å²) in [6, 6.07) is 12.8. The van der Waals surface area contributed by atoms with Gasteiger partial charge in [0, 0.05) is 22.4 Å². The zero-order valence-electron chi connectivity index (χ0n) is 16.8. The lowest BCUT2D eigenvalue weighted by atomic mass is 10.0. The Morgan fingerprint density at radius 2 is 1.81 bits per heavy atom. The number of anilines is 1. The number of carbonyl (C=O) groups is 2. The largest absolute Gasteiger partial charge is 0.494 e. The fourth-order valence-electron chi connectivity index (χ4n) is 2.84. The van der Waals surface area contributed by atoms with E-state index in [1.165, 1.54) is 23.5 Å². The zero-order chi connectivity index (χ0) is 22.2. The summed E-state index contributed by atoms with van der Waals surface area (Å²) in [6.07, 6.45) is 0.721. The fourth-order valence-corrected chi connectivity index (χ4v) is 3.94. The van der Waals surface area contributed by atoms with Gasteiger partial charge in [-0.05, 0) is 55.3 Å². The number of rotatable bonds is 9. The first kappa shape index (κ1) is 22.8. The van der Waals surface area contributed by atoms with Gasteiger partial charge in [0.1, 0.15) is 22.1 Å². The van der Waals surface area contributed by atoms with Crippen LogP contribution in [0.15, 0.2) is 53.9 Å². The van der Waals surface area contributed by atoms with Crippen LogP contribution in [0.3, 0.4) is 0 Å². The third-order valence-corrected chi connectivity index (χ3v) is 5.46. The van der Waals surface area contributed by atoms with Crippen molar-refractivity contribution in [1.82, 2.24) is 0 Å². The summed E-state index contributed by atoms with van der Waals surface area (Å²) in [5, 5.41) is 5.57. The standard InChI is InChI=1S/C23H21ClFNO4S/c1-2-29-23(28)21-19(15-5-9-17(25)10-6-15)14-31-22(21)26-20(27)4-3-13-30-18-11-7-16(24)8-12-18/h5-12,14H,2-4,13H2,1H3,(H,26,27). The van der Waals surface area contributed by atoms with Crippen molar-refractivity contribution < 1.29 is 23.5 Å². The summed E-state index contributed by atoms with van der Waals surface area (Å²) < 4.78 is 24.0. The molecule has 5 nitrogen and oxygen atoms in total. The monoisotopic (exact) mass is 461 g/mol. The van der Waals surface area contributed by atoms with Gasteiger partial charge in [-0.25, -0.2) is 9.18 Å². The van der Waals surface area contributed by atoms with Crippen molar-refractivity contribution in [1.29, 1.82) is 0 Å². The van der Waals surface area contributed by atoms with E-state index in [-0.39, 0.29) is 30.3 Å². The lowest BCUT2D eigenvalue weighted by Gasteiger charge is -2.09. The molecule has 0 aliphatic heterocycles. The molecule has 0 saturated carbocycles. The van der Waals surface area contributed by atoms with E-state index in [1.807, 2.05) is 0 Å². The number of thiophene rings is 1. The third kappa shape index (κ3) is 6.29. The van der Waals surface area contributed by atoms with Gasteiger partial charge in [0.2, 0.25) is 5.91 Å². The Morgan fingerprint density at radius 3 is 2.48 bits per heavy atom. The maximum Gasteiger partial charge on any atom is 0.341 e. The molecule has 0 saturated heterocycles.